The molecule has 3 nitrogen and oxygen atoms in total. The lowest BCUT2D eigenvalue weighted by Gasteiger charge is -2.08. The van der Waals surface area contributed by atoms with Crippen LogP contribution < -0.4 is 4.74 Å². The van der Waals surface area contributed by atoms with E-state index in [1.165, 1.54) is 12.7 Å². The third-order valence-corrected chi connectivity index (χ3v) is 3.07. The summed E-state index contributed by atoms with van der Waals surface area (Å²) < 4.78 is 10.2. The normalized spacial score (nSPS) is 10.5. The lowest BCUT2D eigenvalue weighted by atomic mass is 10.0. The molecule has 0 N–H and O–H groups in total. The van der Waals surface area contributed by atoms with E-state index in [4.69, 9.17) is 4.74 Å². The number of ether oxygens (including phenoxy) is 2. The molecule has 1 aromatic carbocycles. The quantitative estimate of drug-likeness (QED) is 0.527. The van der Waals surface area contributed by atoms with Crippen molar-refractivity contribution >= 4 is 5.97 Å². The van der Waals surface area contributed by atoms with Gasteiger partial charge in [0.2, 0.25) is 0 Å². The van der Waals surface area contributed by atoms with Gasteiger partial charge in [-0.3, -0.25) is 4.79 Å². The first-order chi connectivity index (χ1) is 9.13. The zero-order chi connectivity index (χ0) is 14.1. The summed E-state index contributed by atoms with van der Waals surface area (Å²) in [5, 5.41) is 0. The number of benzene rings is 1. The highest BCUT2D eigenvalue weighted by molar-refractivity contribution is 5.68. The van der Waals surface area contributed by atoms with Gasteiger partial charge in [-0.1, -0.05) is 26.0 Å². The molecule has 19 heavy (non-hydrogen) atoms. The van der Waals surface area contributed by atoms with E-state index in [2.05, 4.69) is 30.7 Å². The highest BCUT2D eigenvalue weighted by atomic mass is 16.5. The number of carbonyl (C=O) groups is 1. The summed E-state index contributed by atoms with van der Waals surface area (Å²) in [7, 11) is 1.42. The van der Waals surface area contributed by atoms with Crippen molar-refractivity contribution in [2.45, 2.75) is 45.4 Å². The Morgan fingerprint density at radius 2 is 1.79 bits per heavy atom. The van der Waals surface area contributed by atoms with Crippen LogP contribution in [0.25, 0.3) is 0 Å². The van der Waals surface area contributed by atoms with Gasteiger partial charge in [-0.25, -0.2) is 0 Å². The zero-order valence-electron chi connectivity index (χ0n) is 12.1. The molecule has 0 atom stereocenters. The predicted octanol–water partition coefficient (Wildman–Crippen LogP) is 3.92. The molecule has 1 aromatic rings. The minimum Gasteiger partial charge on any atom is -0.494 e. The number of hydrogen-bond donors (Lipinski definition) is 0. The Hall–Kier alpha value is -1.51. The fraction of sp³-hybridized carbons (Fsp3) is 0.562. The summed E-state index contributed by atoms with van der Waals surface area (Å²) in [5.74, 6) is 1.33. The summed E-state index contributed by atoms with van der Waals surface area (Å²) in [6, 6.07) is 8.25. The Labute approximate surface area is 115 Å². The van der Waals surface area contributed by atoms with Gasteiger partial charge in [-0.05, 0) is 42.9 Å². The number of methoxy groups -OCH3 is 1. The first-order valence-corrected chi connectivity index (χ1v) is 6.93. The van der Waals surface area contributed by atoms with Crippen molar-refractivity contribution in [1.82, 2.24) is 0 Å². The molecule has 0 aliphatic heterocycles. The van der Waals surface area contributed by atoms with E-state index >= 15 is 0 Å². The van der Waals surface area contributed by atoms with Crippen LogP contribution in [0.3, 0.4) is 0 Å². The van der Waals surface area contributed by atoms with Gasteiger partial charge >= 0.3 is 5.97 Å². The molecule has 0 aliphatic carbocycles. The second-order valence-electron chi connectivity index (χ2n) is 4.96. The minimum atomic E-state index is -0.134. The van der Waals surface area contributed by atoms with E-state index in [-0.39, 0.29) is 5.97 Å². The average molecular weight is 264 g/mol. The largest absolute Gasteiger partial charge is 0.494 e. The molecule has 0 saturated carbocycles. The molecule has 0 spiro atoms. The van der Waals surface area contributed by atoms with Gasteiger partial charge in [0.25, 0.3) is 0 Å². The monoisotopic (exact) mass is 264 g/mol. The molecule has 0 unspecified atom stereocenters. The van der Waals surface area contributed by atoms with Crippen molar-refractivity contribution in [3.63, 3.8) is 0 Å². The van der Waals surface area contributed by atoms with E-state index in [1.807, 2.05) is 12.1 Å². The molecule has 0 aliphatic rings. The Kier molecular flexibility index (Phi) is 7.01. The maximum absolute atomic E-state index is 10.9. The standard InChI is InChI=1S/C16H24O3/c1-13(2)14-8-10-15(11-9-14)19-12-6-4-5-7-16(17)18-3/h8-11,13H,4-7,12H2,1-3H3. The van der Waals surface area contributed by atoms with Crippen LogP contribution in [0.4, 0.5) is 0 Å². The molecule has 0 saturated heterocycles. The Morgan fingerprint density at radius 3 is 2.37 bits per heavy atom. The van der Waals surface area contributed by atoms with E-state index in [0.717, 1.165) is 25.0 Å². The van der Waals surface area contributed by atoms with Gasteiger partial charge in [-0.15, -0.1) is 0 Å². The number of esters is 1. The van der Waals surface area contributed by atoms with Crippen molar-refractivity contribution in [3.05, 3.63) is 29.8 Å². The van der Waals surface area contributed by atoms with Gasteiger partial charge in [-0.2, -0.15) is 0 Å². The molecule has 0 fully saturated rings. The Balaban J connectivity index is 2.14. The molecular formula is C16H24O3. The minimum absolute atomic E-state index is 0.134. The predicted molar refractivity (Wildman–Crippen MR) is 76.5 cm³/mol. The van der Waals surface area contributed by atoms with Crippen LogP contribution in [0, 0.1) is 0 Å². The van der Waals surface area contributed by atoms with Crippen molar-refractivity contribution in [2.24, 2.45) is 0 Å². The fourth-order valence-corrected chi connectivity index (χ4v) is 1.79. The molecule has 0 bridgehead atoms. The molecule has 3 heteroatoms. The number of unbranched alkanes of at least 4 members (excludes halogenated alkanes) is 2. The van der Waals surface area contributed by atoms with Gasteiger partial charge in [0.1, 0.15) is 5.75 Å². The summed E-state index contributed by atoms with van der Waals surface area (Å²) in [6.45, 7) is 5.05. The SMILES string of the molecule is COC(=O)CCCCCOc1ccc(C(C)C)cc1. The number of rotatable bonds is 8. The highest BCUT2D eigenvalue weighted by Crippen LogP contribution is 2.18. The molecule has 0 radical (unpaired) electrons. The third kappa shape index (κ3) is 6.27. The first-order valence-electron chi connectivity index (χ1n) is 6.93. The summed E-state index contributed by atoms with van der Waals surface area (Å²) in [6.07, 6.45) is 3.31. The van der Waals surface area contributed by atoms with Crippen LogP contribution in [-0.2, 0) is 9.53 Å². The Bertz CT molecular complexity index is 368. The molecule has 0 heterocycles. The Morgan fingerprint density at radius 1 is 1.11 bits per heavy atom. The van der Waals surface area contributed by atoms with Crippen molar-refractivity contribution in [1.29, 1.82) is 0 Å². The van der Waals surface area contributed by atoms with E-state index in [1.54, 1.807) is 0 Å². The van der Waals surface area contributed by atoms with Gasteiger partial charge in [0, 0.05) is 6.42 Å². The summed E-state index contributed by atoms with van der Waals surface area (Å²) in [4.78, 5) is 10.9. The topological polar surface area (TPSA) is 35.5 Å². The number of hydrogen-bond acceptors (Lipinski definition) is 3. The van der Waals surface area contributed by atoms with Gasteiger partial charge in [0.15, 0.2) is 0 Å². The summed E-state index contributed by atoms with van der Waals surface area (Å²) >= 11 is 0. The number of carbonyl (C=O) groups excluding carboxylic acids is 1. The summed E-state index contributed by atoms with van der Waals surface area (Å²) in [5.41, 5.74) is 1.32. The highest BCUT2D eigenvalue weighted by Gasteiger charge is 2.01. The van der Waals surface area contributed by atoms with Crippen LogP contribution in [0.5, 0.6) is 5.75 Å². The van der Waals surface area contributed by atoms with Crippen LogP contribution in [0.15, 0.2) is 24.3 Å². The second kappa shape index (κ2) is 8.57. The second-order valence-corrected chi connectivity index (χ2v) is 4.96. The lowest BCUT2D eigenvalue weighted by Crippen LogP contribution is -2.01. The van der Waals surface area contributed by atoms with Crippen molar-refractivity contribution in [3.8, 4) is 5.75 Å². The molecular weight excluding hydrogens is 240 g/mol. The van der Waals surface area contributed by atoms with Crippen molar-refractivity contribution in [2.75, 3.05) is 13.7 Å². The van der Waals surface area contributed by atoms with E-state index < -0.39 is 0 Å². The third-order valence-electron chi connectivity index (χ3n) is 3.07. The zero-order valence-corrected chi connectivity index (χ0v) is 12.1. The van der Waals surface area contributed by atoms with Crippen LogP contribution in [-0.4, -0.2) is 19.7 Å². The average Bonchev–Trinajstić information content (AvgIpc) is 2.42. The van der Waals surface area contributed by atoms with Crippen LogP contribution in [0.1, 0.15) is 51.0 Å². The van der Waals surface area contributed by atoms with E-state index in [0.29, 0.717) is 18.9 Å². The lowest BCUT2D eigenvalue weighted by molar-refractivity contribution is -0.140. The maximum Gasteiger partial charge on any atom is 0.305 e. The van der Waals surface area contributed by atoms with Gasteiger partial charge < -0.3 is 9.47 Å². The maximum atomic E-state index is 10.9. The van der Waals surface area contributed by atoms with E-state index in [9.17, 15) is 4.79 Å². The molecule has 0 amide bonds. The molecule has 106 valence electrons. The molecule has 1 rings (SSSR count). The fourth-order valence-electron chi connectivity index (χ4n) is 1.79. The molecule has 0 aromatic heterocycles. The van der Waals surface area contributed by atoms with Gasteiger partial charge in [0.05, 0.1) is 13.7 Å². The van der Waals surface area contributed by atoms with Crippen LogP contribution >= 0.6 is 0 Å². The van der Waals surface area contributed by atoms with Crippen LogP contribution in [0.2, 0.25) is 0 Å². The van der Waals surface area contributed by atoms with Crippen molar-refractivity contribution < 1.29 is 14.3 Å². The first kappa shape index (κ1) is 15.5. The smallest absolute Gasteiger partial charge is 0.305 e.